The molecule has 11 nitrogen and oxygen atoms in total. The second kappa shape index (κ2) is 17.1. The molecule has 0 saturated heterocycles. The SMILES string of the molecule is O=C(O)C(F)(F)F.O=CCC(NC(=O)CN(CCc1ccccc1)C(=O)c1ncc(CCCc2ccccc2)[nH]1)C(=O)O. The number of halogens is 3. The number of aromatic nitrogens is 2. The Morgan fingerprint density at radius 3 is 2.00 bits per heavy atom. The number of carboxylic acid groups (broad SMARTS) is 2. The summed E-state index contributed by atoms with van der Waals surface area (Å²) in [5.41, 5.74) is 3.04. The summed E-state index contributed by atoms with van der Waals surface area (Å²) in [7, 11) is 0. The van der Waals surface area contributed by atoms with Crippen LogP contribution in [0, 0.1) is 0 Å². The van der Waals surface area contributed by atoms with Crippen LogP contribution in [0.5, 0.6) is 0 Å². The monoisotopic (exact) mass is 604 g/mol. The van der Waals surface area contributed by atoms with Gasteiger partial charge < -0.3 is 30.2 Å². The normalized spacial score (nSPS) is 11.4. The third-order valence-electron chi connectivity index (χ3n) is 5.93. The Kier molecular flexibility index (Phi) is 13.6. The number of amides is 2. The molecule has 3 rings (SSSR count). The van der Waals surface area contributed by atoms with E-state index < -0.39 is 36.0 Å². The van der Waals surface area contributed by atoms with E-state index in [-0.39, 0.29) is 25.3 Å². The fourth-order valence-electron chi connectivity index (χ4n) is 3.76. The number of aromatic amines is 1. The number of benzene rings is 2. The zero-order valence-electron chi connectivity index (χ0n) is 22.9. The van der Waals surface area contributed by atoms with Crippen LogP contribution in [0.4, 0.5) is 13.2 Å². The number of alkyl halides is 3. The van der Waals surface area contributed by atoms with Crippen LogP contribution in [0.3, 0.4) is 0 Å². The number of aryl methyl sites for hydroxylation is 2. The van der Waals surface area contributed by atoms with E-state index in [9.17, 15) is 37.5 Å². The van der Waals surface area contributed by atoms with Gasteiger partial charge in [-0.1, -0.05) is 60.7 Å². The van der Waals surface area contributed by atoms with Gasteiger partial charge in [-0.05, 0) is 36.8 Å². The standard InChI is InChI=1S/C27H30N4O5.C2HF3O2/c32-17-15-23(27(35)36)30-24(33)19-31(16-14-21-10-5-2-6-11-21)26(34)25-28-18-22(29-25)13-7-12-20-8-3-1-4-9-20;3-2(4,5)1(6)7/h1-6,8-11,17-18,23H,7,12-16,19H2,(H,28,29)(H,30,33)(H,35,36);(H,6,7). The summed E-state index contributed by atoms with van der Waals surface area (Å²) in [6, 6.07) is 18.3. The summed E-state index contributed by atoms with van der Waals surface area (Å²) in [6.45, 7) is -0.135. The lowest BCUT2D eigenvalue weighted by Crippen LogP contribution is -2.47. The molecule has 0 radical (unpaired) electrons. The lowest BCUT2D eigenvalue weighted by molar-refractivity contribution is -0.192. The summed E-state index contributed by atoms with van der Waals surface area (Å²) in [4.78, 5) is 65.3. The number of hydrogen-bond donors (Lipinski definition) is 4. The lowest BCUT2D eigenvalue weighted by Gasteiger charge is -2.22. The molecule has 43 heavy (non-hydrogen) atoms. The van der Waals surface area contributed by atoms with E-state index in [4.69, 9.17) is 9.90 Å². The van der Waals surface area contributed by atoms with Gasteiger partial charge in [-0.3, -0.25) is 9.59 Å². The molecule has 0 saturated carbocycles. The average molecular weight is 605 g/mol. The van der Waals surface area contributed by atoms with Crippen molar-refractivity contribution in [1.82, 2.24) is 20.2 Å². The van der Waals surface area contributed by atoms with Crippen LogP contribution in [-0.4, -0.2) is 80.4 Å². The molecule has 0 spiro atoms. The van der Waals surface area contributed by atoms with Gasteiger partial charge in [0.15, 0.2) is 5.82 Å². The van der Waals surface area contributed by atoms with Gasteiger partial charge in [0.1, 0.15) is 12.3 Å². The highest BCUT2D eigenvalue weighted by atomic mass is 19.4. The summed E-state index contributed by atoms with van der Waals surface area (Å²) in [6.07, 6.45) is -0.389. The first-order chi connectivity index (χ1) is 20.4. The maximum absolute atomic E-state index is 13.2. The van der Waals surface area contributed by atoms with Crippen molar-refractivity contribution in [3.8, 4) is 0 Å². The molecule has 14 heteroatoms. The van der Waals surface area contributed by atoms with Crippen molar-refractivity contribution in [2.24, 2.45) is 0 Å². The molecular weight excluding hydrogens is 573 g/mol. The molecular formula is C29H31F3N4O7. The van der Waals surface area contributed by atoms with E-state index in [1.165, 1.54) is 10.5 Å². The van der Waals surface area contributed by atoms with Gasteiger partial charge in [0, 0.05) is 24.9 Å². The highest BCUT2D eigenvalue weighted by molar-refractivity contribution is 5.94. The highest BCUT2D eigenvalue weighted by Crippen LogP contribution is 2.13. The average Bonchev–Trinajstić information content (AvgIpc) is 3.44. The van der Waals surface area contributed by atoms with Crippen LogP contribution < -0.4 is 5.32 Å². The van der Waals surface area contributed by atoms with Crippen LogP contribution in [0.1, 0.15) is 40.3 Å². The Morgan fingerprint density at radius 1 is 0.930 bits per heavy atom. The number of carboxylic acids is 2. The van der Waals surface area contributed by atoms with Crippen molar-refractivity contribution in [3.05, 3.63) is 89.5 Å². The van der Waals surface area contributed by atoms with Crippen LogP contribution in [-0.2, 0) is 38.4 Å². The molecule has 0 aliphatic heterocycles. The number of aliphatic carboxylic acids is 2. The molecule has 4 N–H and O–H groups in total. The fourth-order valence-corrected chi connectivity index (χ4v) is 3.76. The molecule has 2 amide bonds. The lowest BCUT2D eigenvalue weighted by atomic mass is 10.1. The largest absolute Gasteiger partial charge is 0.490 e. The van der Waals surface area contributed by atoms with Gasteiger partial charge in [0.05, 0.1) is 6.54 Å². The Bertz CT molecular complexity index is 1350. The first-order valence-electron chi connectivity index (χ1n) is 13.1. The van der Waals surface area contributed by atoms with Crippen LogP contribution >= 0.6 is 0 Å². The Morgan fingerprint density at radius 2 is 1.49 bits per heavy atom. The van der Waals surface area contributed by atoms with Gasteiger partial charge >= 0.3 is 18.1 Å². The van der Waals surface area contributed by atoms with E-state index in [1.807, 2.05) is 48.5 Å². The third-order valence-corrected chi connectivity index (χ3v) is 5.93. The van der Waals surface area contributed by atoms with E-state index in [1.54, 1.807) is 6.20 Å². The first-order valence-corrected chi connectivity index (χ1v) is 13.1. The molecule has 1 heterocycles. The summed E-state index contributed by atoms with van der Waals surface area (Å²) in [5.74, 6) is -5.08. The number of carbonyl (C=O) groups excluding carboxylic acids is 3. The maximum atomic E-state index is 13.2. The Hall–Kier alpha value is -5.01. The molecule has 1 atom stereocenters. The molecule has 0 bridgehead atoms. The van der Waals surface area contributed by atoms with Crippen molar-refractivity contribution in [1.29, 1.82) is 0 Å². The van der Waals surface area contributed by atoms with E-state index >= 15 is 0 Å². The highest BCUT2D eigenvalue weighted by Gasteiger charge is 2.38. The first kappa shape index (κ1) is 34.2. The molecule has 1 unspecified atom stereocenters. The third kappa shape index (κ3) is 12.6. The van der Waals surface area contributed by atoms with Crippen molar-refractivity contribution >= 4 is 30.0 Å². The maximum Gasteiger partial charge on any atom is 0.490 e. The van der Waals surface area contributed by atoms with Crippen molar-refractivity contribution in [2.45, 2.75) is 44.3 Å². The van der Waals surface area contributed by atoms with E-state index in [2.05, 4.69) is 27.4 Å². The summed E-state index contributed by atoms with van der Waals surface area (Å²) in [5, 5.41) is 18.6. The second-order valence-corrected chi connectivity index (χ2v) is 9.22. The van der Waals surface area contributed by atoms with Crippen molar-refractivity contribution in [3.63, 3.8) is 0 Å². The molecule has 230 valence electrons. The molecule has 0 fully saturated rings. The minimum atomic E-state index is -5.08. The Labute approximate surface area is 244 Å². The van der Waals surface area contributed by atoms with E-state index in [0.717, 1.165) is 24.1 Å². The number of rotatable bonds is 14. The molecule has 2 aromatic carbocycles. The minimum absolute atomic E-state index is 0.119. The van der Waals surface area contributed by atoms with Crippen LogP contribution in [0.15, 0.2) is 66.9 Å². The quantitative estimate of drug-likeness (QED) is 0.204. The number of nitrogens with zero attached hydrogens (tertiary/aromatic N) is 2. The van der Waals surface area contributed by atoms with Gasteiger partial charge in [-0.15, -0.1) is 0 Å². The molecule has 0 aliphatic carbocycles. The number of carbonyl (C=O) groups is 5. The van der Waals surface area contributed by atoms with Crippen molar-refractivity contribution < 1.29 is 47.4 Å². The number of H-pyrrole nitrogens is 1. The van der Waals surface area contributed by atoms with Crippen LogP contribution in [0.25, 0.3) is 0 Å². The Balaban J connectivity index is 0.000000821. The number of hydrogen-bond acceptors (Lipinski definition) is 6. The van der Waals surface area contributed by atoms with Gasteiger partial charge in [0.2, 0.25) is 5.91 Å². The second-order valence-electron chi connectivity index (χ2n) is 9.22. The zero-order chi connectivity index (χ0) is 31.8. The molecule has 1 aromatic heterocycles. The molecule has 3 aromatic rings. The smallest absolute Gasteiger partial charge is 0.480 e. The topological polar surface area (TPSA) is 170 Å². The van der Waals surface area contributed by atoms with Gasteiger partial charge in [-0.2, -0.15) is 13.2 Å². The van der Waals surface area contributed by atoms with Crippen LogP contribution in [0.2, 0.25) is 0 Å². The predicted molar refractivity (Wildman–Crippen MR) is 147 cm³/mol. The predicted octanol–water partition coefficient (Wildman–Crippen LogP) is 3.06. The number of nitrogens with one attached hydrogen (secondary N) is 2. The summed E-state index contributed by atoms with van der Waals surface area (Å²) >= 11 is 0. The fraction of sp³-hybridized carbons (Fsp3) is 0.310. The molecule has 0 aliphatic rings. The number of aldehydes is 1. The van der Waals surface area contributed by atoms with Crippen molar-refractivity contribution in [2.75, 3.05) is 13.1 Å². The van der Waals surface area contributed by atoms with Gasteiger partial charge in [0.25, 0.3) is 5.91 Å². The minimum Gasteiger partial charge on any atom is -0.480 e. The summed E-state index contributed by atoms with van der Waals surface area (Å²) < 4.78 is 31.7. The number of imidazole rings is 1. The van der Waals surface area contributed by atoms with E-state index in [0.29, 0.717) is 19.1 Å². The zero-order valence-corrected chi connectivity index (χ0v) is 22.9. The van der Waals surface area contributed by atoms with Gasteiger partial charge in [-0.25, -0.2) is 14.6 Å².